The number of anilines is 1. The molecule has 0 radical (unpaired) electrons. The number of hydrogen-bond donors (Lipinski definition) is 1. The van der Waals surface area contributed by atoms with Crippen molar-refractivity contribution in [2.45, 2.75) is 24.8 Å². The van der Waals surface area contributed by atoms with Gasteiger partial charge in [0.1, 0.15) is 0 Å². The Hall–Kier alpha value is -1.93. The van der Waals surface area contributed by atoms with Crippen LogP contribution in [0.1, 0.15) is 24.1 Å². The van der Waals surface area contributed by atoms with Crippen LogP contribution in [0.4, 0.5) is 5.69 Å². The maximum absolute atomic E-state index is 12.5. The van der Waals surface area contributed by atoms with Crippen LogP contribution in [0.2, 0.25) is 5.02 Å². The molecule has 2 aromatic carbocycles. The summed E-state index contributed by atoms with van der Waals surface area (Å²) in [6.07, 6.45) is 0. The van der Waals surface area contributed by atoms with E-state index >= 15 is 0 Å². The predicted molar refractivity (Wildman–Crippen MR) is 113 cm³/mol. The molecule has 1 amide bonds. The first-order valence-corrected chi connectivity index (χ1v) is 10.6. The molecule has 0 saturated heterocycles. The first-order valence-electron chi connectivity index (χ1n) is 8.81. The Bertz CT molecular complexity index is 944. The van der Waals surface area contributed by atoms with Gasteiger partial charge in [-0.3, -0.25) is 9.69 Å². The summed E-state index contributed by atoms with van der Waals surface area (Å²) in [5, 5.41) is 3.45. The Morgan fingerprint density at radius 2 is 1.71 bits per heavy atom. The van der Waals surface area contributed by atoms with Gasteiger partial charge in [0, 0.05) is 30.8 Å². The molecule has 1 N–H and O–H groups in total. The van der Waals surface area contributed by atoms with Crippen molar-refractivity contribution in [3.63, 3.8) is 0 Å². The fraction of sp³-hybridized carbons (Fsp3) is 0.350. The van der Waals surface area contributed by atoms with Crippen LogP contribution in [0.3, 0.4) is 0 Å². The van der Waals surface area contributed by atoms with Gasteiger partial charge in [0.25, 0.3) is 0 Å². The molecule has 0 fully saturated rings. The summed E-state index contributed by atoms with van der Waals surface area (Å²) in [4.78, 5) is 14.5. The molecular weight excluding hydrogens is 398 g/mol. The van der Waals surface area contributed by atoms with Gasteiger partial charge in [0.05, 0.1) is 11.4 Å². The molecule has 0 aromatic heterocycles. The molecule has 0 aliphatic heterocycles. The van der Waals surface area contributed by atoms with Crippen LogP contribution >= 0.6 is 11.6 Å². The number of amides is 1. The van der Waals surface area contributed by atoms with Crippen LogP contribution in [0, 0.1) is 6.92 Å². The van der Waals surface area contributed by atoms with Crippen LogP contribution in [0.25, 0.3) is 0 Å². The Morgan fingerprint density at radius 3 is 2.29 bits per heavy atom. The molecule has 0 aliphatic rings. The Morgan fingerprint density at radius 1 is 1.11 bits per heavy atom. The molecule has 2 aromatic rings. The molecular formula is C20H26ClN3O3S. The van der Waals surface area contributed by atoms with E-state index in [2.05, 4.69) is 5.32 Å². The van der Waals surface area contributed by atoms with Crippen molar-refractivity contribution in [1.29, 1.82) is 0 Å². The fourth-order valence-electron chi connectivity index (χ4n) is 2.71. The largest absolute Gasteiger partial charge is 0.325 e. The zero-order valence-corrected chi connectivity index (χ0v) is 18.3. The number of rotatable bonds is 7. The first-order chi connectivity index (χ1) is 13.0. The summed E-state index contributed by atoms with van der Waals surface area (Å²) >= 11 is 5.92. The number of sulfonamides is 1. The number of carbonyl (C=O) groups is 1. The van der Waals surface area contributed by atoms with Gasteiger partial charge in [0.2, 0.25) is 15.9 Å². The van der Waals surface area contributed by atoms with Crippen molar-refractivity contribution in [1.82, 2.24) is 9.21 Å². The summed E-state index contributed by atoms with van der Waals surface area (Å²) in [5.41, 5.74) is 2.12. The zero-order chi connectivity index (χ0) is 21.1. The number of aryl methyl sites for hydroxylation is 1. The fourth-order valence-corrected chi connectivity index (χ4v) is 3.98. The Labute approximate surface area is 172 Å². The van der Waals surface area contributed by atoms with E-state index in [4.69, 9.17) is 11.6 Å². The molecule has 1 unspecified atom stereocenters. The van der Waals surface area contributed by atoms with Crippen molar-refractivity contribution in [3.8, 4) is 0 Å². The average Bonchev–Trinajstić information content (AvgIpc) is 2.63. The average molecular weight is 424 g/mol. The van der Waals surface area contributed by atoms with E-state index in [0.29, 0.717) is 16.3 Å². The summed E-state index contributed by atoms with van der Waals surface area (Å²) in [6.45, 7) is 3.89. The normalized spacial score (nSPS) is 13.0. The minimum Gasteiger partial charge on any atom is -0.325 e. The first kappa shape index (κ1) is 22.4. The molecule has 2 rings (SSSR count). The van der Waals surface area contributed by atoms with E-state index in [1.807, 2.05) is 43.1 Å². The molecule has 0 spiro atoms. The highest BCUT2D eigenvalue weighted by molar-refractivity contribution is 7.89. The van der Waals surface area contributed by atoms with Crippen molar-refractivity contribution in [3.05, 3.63) is 58.6 Å². The maximum atomic E-state index is 12.5. The number of carbonyl (C=O) groups excluding carboxylic acids is 1. The van der Waals surface area contributed by atoms with Crippen LogP contribution < -0.4 is 5.32 Å². The summed E-state index contributed by atoms with van der Waals surface area (Å²) in [7, 11) is 1.23. The van der Waals surface area contributed by atoms with E-state index in [9.17, 15) is 13.2 Å². The SMILES string of the molecule is Cc1ccc(NC(=O)CN(C)C(C)c2ccc(Cl)cc2)cc1S(=O)(=O)N(C)C. The molecule has 0 saturated carbocycles. The third-order valence-corrected chi connectivity index (χ3v) is 6.85. The summed E-state index contributed by atoms with van der Waals surface area (Å²) in [6, 6.07) is 12.4. The highest BCUT2D eigenvalue weighted by Gasteiger charge is 2.21. The molecule has 6 nitrogen and oxygen atoms in total. The van der Waals surface area contributed by atoms with E-state index in [0.717, 1.165) is 9.87 Å². The van der Waals surface area contributed by atoms with Crippen LogP contribution in [0.15, 0.2) is 47.4 Å². The standard InChI is InChI=1S/C20H26ClN3O3S/c1-14-6-11-18(12-19(14)28(26,27)23(3)4)22-20(25)13-24(5)15(2)16-7-9-17(21)10-8-16/h6-12,15H,13H2,1-5H3,(H,22,25). The number of halogens is 1. The van der Waals surface area contributed by atoms with Crippen molar-refractivity contribution >= 4 is 33.2 Å². The smallest absolute Gasteiger partial charge is 0.242 e. The summed E-state index contributed by atoms with van der Waals surface area (Å²) in [5.74, 6) is -0.222. The molecule has 152 valence electrons. The van der Waals surface area contributed by atoms with Gasteiger partial charge in [-0.2, -0.15) is 0 Å². The topological polar surface area (TPSA) is 69.7 Å². The maximum Gasteiger partial charge on any atom is 0.242 e. The van der Waals surface area contributed by atoms with Crippen LogP contribution in [0.5, 0.6) is 0 Å². The number of nitrogens with one attached hydrogen (secondary N) is 1. The number of likely N-dealkylation sites (N-methyl/N-ethyl adjacent to an activating group) is 1. The lowest BCUT2D eigenvalue weighted by Gasteiger charge is -2.24. The quantitative estimate of drug-likeness (QED) is 0.739. The summed E-state index contributed by atoms with van der Waals surface area (Å²) < 4.78 is 26.0. The van der Waals surface area contributed by atoms with E-state index in [1.165, 1.54) is 20.2 Å². The third kappa shape index (κ3) is 5.32. The Kier molecular flexibility index (Phi) is 7.22. The minimum absolute atomic E-state index is 0.0192. The highest BCUT2D eigenvalue weighted by Crippen LogP contribution is 2.23. The van der Waals surface area contributed by atoms with E-state index < -0.39 is 10.0 Å². The lowest BCUT2D eigenvalue weighted by Crippen LogP contribution is -2.32. The van der Waals surface area contributed by atoms with Gasteiger partial charge in [-0.15, -0.1) is 0 Å². The van der Waals surface area contributed by atoms with E-state index in [-0.39, 0.29) is 23.4 Å². The Balaban J connectivity index is 2.09. The zero-order valence-electron chi connectivity index (χ0n) is 16.7. The second-order valence-corrected chi connectivity index (χ2v) is 9.52. The molecule has 1 atom stereocenters. The third-order valence-electron chi connectivity index (χ3n) is 4.64. The molecule has 0 heterocycles. The molecule has 0 bridgehead atoms. The van der Waals surface area contributed by atoms with E-state index in [1.54, 1.807) is 19.1 Å². The van der Waals surface area contributed by atoms with Crippen LogP contribution in [-0.2, 0) is 14.8 Å². The van der Waals surface area contributed by atoms with Crippen LogP contribution in [-0.4, -0.2) is 51.2 Å². The number of hydrogen-bond acceptors (Lipinski definition) is 4. The minimum atomic E-state index is -3.58. The highest BCUT2D eigenvalue weighted by atomic mass is 35.5. The number of benzene rings is 2. The van der Waals surface area contributed by atoms with Gasteiger partial charge in [-0.25, -0.2) is 12.7 Å². The van der Waals surface area contributed by atoms with Gasteiger partial charge in [-0.1, -0.05) is 29.8 Å². The lowest BCUT2D eigenvalue weighted by atomic mass is 10.1. The molecule has 28 heavy (non-hydrogen) atoms. The second-order valence-electron chi connectivity index (χ2n) is 6.96. The molecule has 8 heteroatoms. The van der Waals surface area contributed by atoms with Crippen molar-refractivity contribution in [2.75, 3.05) is 33.0 Å². The second kappa shape index (κ2) is 9.05. The van der Waals surface area contributed by atoms with Crippen molar-refractivity contribution in [2.24, 2.45) is 0 Å². The monoisotopic (exact) mass is 423 g/mol. The molecule has 0 aliphatic carbocycles. The number of nitrogens with zero attached hydrogens (tertiary/aromatic N) is 2. The predicted octanol–water partition coefficient (Wildman–Crippen LogP) is 3.53. The van der Waals surface area contributed by atoms with Gasteiger partial charge < -0.3 is 5.32 Å². The van der Waals surface area contributed by atoms with Gasteiger partial charge in [-0.05, 0) is 56.3 Å². The van der Waals surface area contributed by atoms with Gasteiger partial charge >= 0.3 is 0 Å². The van der Waals surface area contributed by atoms with Gasteiger partial charge in [0.15, 0.2) is 0 Å². The van der Waals surface area contributed by atoms with Crippen molar-refractivity contribution < 1.29 is 13.2 Å². The lowest BCUT2D eigenvalue weighted by molar-refractivity contribution is -0.117.